The molecule has 0 bridgehead atoms. The van der Waals surface area contributed by atoms with Crippen molar-refractivity contribution < 1.29 is 4.79 Å². The van der Waals surface area contributed by atoms with Crippen molar-refractivity contribution in [2.75, 3.05) is 25.0 Å². The maximum atomic E-state index is 12.7. The van der Waals surface area contributed by atoms with Crippen LogP contribution in [-0.4, -0.2) is 42.0 Å². The van der Waals surface area contributed by atoms with Gasteiger partial charge < -0.3 is 15.5 Å². The average molecular weight is 397 g/mol. The summed E-state index contributed by atoms with van der Waals surface area (Å²) in [7, 11) is 1.97. The molecule has 3 rings (SSSR count). The summed E-state index contributed by atoms with van der Waals surface area (Å²) in [6, 6.07) is 13.9. The van der Waals surface area contributed by atoms with E-state index in [0.29, 0.717) is 12.1 Å². The van der Waals surface area contributed by atoms with Gasteiger partial charge >= 0.3 is 0 Å². The van der Waals surface area contributed by atoms with Crippen molar-refractivity contribution in [2.24, 2.45) is 5.73 Å². The van der Waals surface area contributed by atoms with Gasteiger partial charge in [-0.15, -0.1) is 24.8 Å². The smallest absolute Gasteiger partial charge is 0.255 e. The van der Waals surface area contributed by atoms with E-state index in [1.807, 2.05) is 59.3 Å². The Morgan fingerprint density at radius 3 is 2.54 bits per heavy atom. The predicted octanol–water partition coefficient (Wildman–Crippen LogP) is 3.65. The van der Waals surface area contributed by atoms with Gasteiger partial charge in [0.25, 0.3) is 5.91 Å². The van der Waals surface area contributed by atoms with Gasteiger partial charge in [-0.25, -0.2) is 4.98 Å². The van der Waals surface area contributed by atoms with Crippen LogP contribution >= 0.6 is 24.8 Å². The van der Waals surface area contributed by atoms with Gasteiger partial charge in [-0.2, -0.15) is 0 Å². The maximum absolute atomic E-state index is 12.7. The van der Waals surface area contributed by atoms with Gasteiger partial charge in [0, 0.05) is 38.1 Å². The molecule has 2 heterocycles. The topological polar surface area (TPSA) is 62.5 Å². The third-order valence-electron chi connectivity index (χ3n) is 4.64. The van der Waals surface area contributed by atoms with E-state index >= 15 is 0 Å². The molecule has 7 heteroatoms. The van der Waals surface area contributed by atoms with E-state index in [-0.39, 0.29) is 36.8 Å². The number of rotatable bonds is 4. The number of nitrogens with zero attached hydrogens (tertiary/aromatic N) is 3. The molecule has 1 aliphatic heterocycles. The Morgan fingerprint density at radius 2 is 1.92 bits per heavy atom. The number of anilines is 2. The fraction of sp³-hybridized carbons (Fsp3) is 0.368. The molecule has 0 spiro atoms. The van der Waals surface area contributed by atoms with Crippen LogP contribution < -0.4 is 10.6 Å². The monoisotopic (exact) mass is 396 g/mol. The molecule has 26 heavy (non-hydrogen) atoms. The number of halogens is 2. The van der Waals surface area contributed by atoms with Gasteiger partial charge in [-0.05, 0) is 43.5 Å². The van der Waals surface area contributed by atoms with Crippen molar-refractivity contribution in [3.05, 3.63) is 54.2 Å². The van der Waals surface area contributed by atoms with Gasteiger partial charge in [0.15, 0.2) is 0 Å². The first-order valence-corrected chi connectivity index (χ1v) is 8.46. The molecule has 1 fully saturated rings. The minimum absolute atomic E-state index is 0. The van der Waals surface area contributed by atoms with E-state index in [9.17, 15) is 4.79 Å². The first-order chi connectivity index (χ1) is 11.7. The van der Waals surface area contributed by atoms with Crippen molar-refractivity contribution in [2.45, 2.75) is 25.3 Å². The number of piperidine rings is 1. The molecular weight excluding hydrogens is 371 g/mol. The lowest BCUT2D eigenvalue weighted by atomic mass is 10.0. The normalized spacial score (nSPS) is 16.2. The number of carbonyl (C=O) groups is 1. The second-order valence-electron chi connectivity index (χ2n) is 6.18. The van der Waals surface area contributed by atoms with E-state index in [0.717, 1.165) is 37.3 Å². The Kier molecular flexibility index (Phi) is 8.85. The van der Waals surface area contributed by atoms with Gasteiger partial charge in [0.1, 0.15) is 5.82 Å². The summed E-state index contributed by atoms with van der Waals surface area (Å²) in [5, 5.41) is 0. The summed E-state index contributed by atoms with van der Waals surface area (Å²) in [4.78, 5) is 21.1. The number of hydrogen-bond donors (Lipinski definition) is 1. The average Bonchev–Trinajstić information content (AvgIpc) is 2.67. The van der Waals surface area contributed by atoms with E-state index in [2.05, 4.69) is 4.98 Å². The molecule has 1 aromatic heterocycles. The number of benzene rings is 1. The van der Waals surface area contributed by atoms with Crippen molar-refractivity contribution in [1.29, 1.82) is 0 Å². The lowest BCUT2D eigenvalue weighted by Gasteiger charge is -2.35. The molecule has 0 radical (unpaired) electrons. The highest BCUT2D eigenvalue weighted by molar-refractivity contribution is 5.94. The highest BCUT2D eigenvalue weighted by Crippen LogP contribution is 2.23. The highest BCUT2D eigenvalue weighted by Gasteiger charge is 2.26. The van der Waals surface area contributed by atoms with Crippen LogP contribution in [0.2, 0.25) is 0 Å². The molecule has 5 nitrogen and oxygen atoms in total. The minimum Gasteiger partial charge on any atom is -0.334 e. The number of nitrogens with two attached hydrogens (primary N) is 1. The molecule has 1 saturated heterocycles. The van der Waals surface area contributed by atoms with Crippen molar-refractivity contribution in [3.8, 4) is 0 Å². The Balaban J connectivity index is 0.00000169. The number of pyridine rings is 1. The number of carbonyl (C=O) groups excluding carboxylic acids is 1. The Bertz CT molecular complexity index is 682. The van der Waals surface area contributed by atoms with E-state index in [1.165, 1.54) is 0 Å². The molecule has 2 aromatic rings. The van der Waals surface area contributed by atoms with Crippen LogP contribution in [0.4, 0.5) is 11.5 Å². The molecule has 1 aromatic carbocycles. The Hall–Kier alpha value is -1.82. The van der Waals surface area contributed by atoms with Crippen molar-refractivity contribution >= 4 is 42.2 Å². The summed E-state index contributed by atoms with van der Waals surface area (Å²) in [6.07, 6.45) is 4.85. The Morgan fingerprint density at radius 1 is 1.19 bits per heavy atom. The molecular formula is C19H26Cl2N4O. The van der Waals surface area contributed by atoms with Crippen LogP contribution in [0.3, 0.4) is 0 Å². The summed E-state index contributed by atoms with van der Waals surface area (Å²) in [6.45, 7) is 1.31. The fourth-order valence-corrected chi connectivity index (χ4v) is 3.17. The number of amides is 1. The zero-order valence-electron chi connectivity index (χ0n) is 14.9. The Labute approximate surface area is 167 Å². The van der Waals surface area contributed by atoms with Gasteiger partial charge in [0.05, 0.1) is 5.56 Å². The number of para-hydroxylation sites is 1. The van der Waals surface area contributed by atoms with Crippen LogP contribution in [0.5, 0.6) is 0 Å². The van der Waals surface area contributed by atoms with Crippen molar-refractivity contribution in [3.63, 3.8) is 0 Å². The number of likely N-dealkylation sites (tertiary alicyclic amines) is 1. The first kappa shape index (κ1) is 22.2. The standard InChI is InChI=1S/C19H24N4O.2ClH/c1-22(16-7-3-2-4-8-16)18-11-10-15(14-21-18)19(24)23-12-6-5-9-17(23)13-20;;/h2-4,7-8,10-11,14,17H,5-6,9,12-13,20H2,1H3;2*1H. The third kappa shape index (κ3) is 4.87. The maximum Gasteiger partial charge on any atom is 0.255 e. The number of hydrogen-bond acceptors (Lipinski definition) is 4. The lowest BCUT2D eigenvalue weighted by molar-refractivity contribution is 0.0623. The number of aromatic nitrogens is 1. The summed E-state index contributed by atoms with van der Waals surface area (Å²) < 4.78 is 0. The van der Waals surface area contributed by atoms with Crippen LogP contribution in [-0.2, 0) is 0 Å². The van der Waals surface area contributed by atoms with Gasteiger partial charge in [0.2, 0.25) is 0 Å². The lowest BCUT2D eigenvalue weighted by Crippen LogP contribution is -2.47. The second-order valence-corrected chi connectivity index (χ2v) is 6.18. The van der Waals surface area contributed by atoms with Gasteiger partial charge in [-0.1, -0.05) is 18.2 Å². The van der Waals surface area contributed by atoms with Crippen LogP contribution in [0, 0.1) is 0 Å². The molecule has 1 unspecified atom stereocenters. The third-order valence-corrected chi connectivity index (χ3v) is 4.64. The van der Waals surface area contributed by atoms with Crippen LogP contribution in [0.25, 0.3) is 0 Å². The molecule has 1 aliphatic rings. The molecule has 0 aliphatic carbocycles. The summed E-state index contributed by atoms with van der Waals surface area (Å²) in [5.41, 5.74) is 7.51. The molecule has 1 atom stereocenters. The summed E-state index contributed by atoms with van der Waals surface area (Å²) in [5.74, 6) is 0.846. The van der Waals surface area contributed by atoms with E-state index in [4.69, 9.17) is 5.73 Å². The zero-order chi connectivity index (χ0) is 16.9. The van der Waals surface area contributed by atoms with E-state index < -0.39 is 0 Å². The highest BCUT2D eigenvalue weighted by atomic mass is 35.5. The predicted molar refractivity (Wildman–Crippen MR) is 111 cm³/mol. The largest absolute Gasteiger partial charge is 0.334 e. The molecule has 1 amide bonds. The quantitative estimate of drug-likeness (QED) is 0.856. The fourth-order valence-electron chi connectivity index (χ4n) is 3.17. The summed E-state index contributed by atoms with van der Waals surface area (Å²) >= 11 is 0. The minimum atomic E-state index is 0. The van der Waals surface area contributed by atoms with E-state index in [1.54, 1.807) is 6.20 Å². The first-order valence-electron chi connectivity index (χ1n) is 8.46. The zero-order valence-corrected chi connectivity index (χ0v) is 16.5. The van der Waals surface area contributed by atoms with Crippen molar-refractivity contribution in [1.82, 2.24) is 9.88 Å². The van der Waals surface area contributed by atoms with Crippen LogP contribution in [0.1, 0.15) is 29.6 Å². The molecule has 0 saturated carbocycles. The second kappa shape index (κ2) is 10.4. The molecule has 2 N–H and O–H groups in total. The van der Waals surface area contributed by atoms with Gasteiger partial charge in [-0.3, -0.25) is 4.79 Å². The SMILES string of the molecule is CN(c1ccccc1)c1ccc(C(=O)N2CCCCC2CN)cn1.Cl.Cl. The molecule has 142 valence electrons. The van der Waals surface area contributed by atoms with Crippen LogP contribution in [0.15, 0.2) is 48.7 Å².